The Kier molecular flexibility index (Phi) is 4.78. The molecule has 0 saturated heterocycles. The van der Waals surface area contributed by atoms with Gasteiger partial charge in [0.05, 0.1) is 18.0 Å². The second-order valence-electron chi connectivity index (χ2n) is 3.85. The highest BCUT2D eigenvalue weighted by Crippen LogP contribution is 2.24. The lowest BCUT2D eigenvalue weighted by Gasteiger charge is -2.25. The number of carbonyl (C=O) groups excluding carboxylic acids is 1. The van der Waals surface area contributed by atoms with E-state index in [0.717, 1.165) is 18.7 Å². The minimum absolute atomic E-state index is 0.0419. The van der Waals surface area contributed by atoms with Crippen molar-refractivity contribution in [3.63, 3.8) is 0 Å². The molecule has 0 aliphatic carbocycles. The van der Waals surface area contributed by atoms with Crippen molar-refractivity contribution in [2.45, 2.75) is 13.3 Å². The molecule has 5 N–H and O–H groups in total. The van der Waals surface area contributed by atoms with Crippen molar-refractivity contribution in [1.29, 1.82) is 0 Å². The number of amides is 1. The third-order valence-corrected chi connectivity index (χ3v) is 2.52. The van der Waals surface area contributed by atoms with E-state index < -0.39 is 5.91 Å². The van der Waals surface area contributed by atoms with Crippen LogP contribution >= 0.6 is 0 Å². The van der Waals surface area contributed by atoms with Gasteiger partial charge >= 0.3 is 0 Å². The van der Waals surface area contributed by atoms with Crippen LogP contribution in [0.4, 0.5) is 11.4 Å². The molecule has 0 spiro atoms. The molecule has 0 atom stereocenters. The van der Waals surface area contributed by atoms with Crippen LogP contribution in [0.2, 0.25) is 0 Å². The quantitative estimate of drug-likeness (QED) is 0.631. The second-order valence-corrected chi connectivity index (χ2v) is 3.85. The molecule has 1 amide bonds. The zero-order chi connectivity index (χ0) is 12.8. The van der Waals surface area contributed by atoms with Gasteiger partial charge in [0.2, 0.25) is 5.91 Å². The first-order valence-corrected chi connectivity index (χ1v) is 5.65. The highest BCUT2D eigenvalue weighted by atomic mass is 16.3. The van der Waals surface area contributed by atoms with E-state index >= 15 is 0 Å². The van der Waals surface area contributed by atoms with Crippen molar-refractivity contribution in [2.75, 3.05) is 30.3 Å². The average molecular weight is 237 g/mol. The summed E-state index contributed by atoms with van der Waals surface area (Å²) < 4.78 is 0. The molecule has 0 aliphatic rings. The van der Waals surface area contributed by atoms with Gasteiger partial charge in [-0.1, -0.05) is 6.92 Å². The molecule has 0 fully saturated rings. The minimum atomic E-state index is -0.480. The van der Waals surface area contributed by atoms with Crippen molar-refractivity contribution in [2.24, 2.45) is 5.73 Å². The van der Waals surface area contributed by atoms with Crippen LogP contribution in [0.1, 0.15) is 23.7 Å². The van der Waals surface area contributed by atoms with Gasteiger partial charge in [0.1, 0.15) is 0 Å². The van der Waals surface area contributed by atoms with Gasteiger partial charge in [-0.25, -0.2) is 0 Å². The first-order valence-electron chi connectivity index (χ1n) is 5.65. The van der Waals surface area contributed by atoms with E-state index in [9.17, 15) is 4.79 Å². The molecular weight excluding hydrogens is 218 g/mol. The summed E-state index contributed by atoms with van der Waals surface area (Å²) in [6.07, 6.45) is 0.931. The summed E-state index contributed by atoms with van der Waals surface area (Å²) in [5.41, 5.74) is 12.9. The first-order chi connectivity index (χ1) is 8.10. The highest BCUT2D eigenvalue weighted by Gasteiger charge is 2.11. The molecule has 0 saturated carbocycles. The number of primary amides is 1. The third kappa shape index (κ3) is 3.35. The van der Waals surface area contributed by atoms with Crippen LogP contribution in [0.3, 0.4) is 0 Å². The number of carbonyl (C=O) groups is 1. The number of rotatable bonds is 6. The first kappa shape index (κ1) is 13.3. The summed E-state index contributed by atoms with van der Waals surface area (Å²) in [6, 6.07) is 4.93. The van der Waals surface area contributed by atoms with Crippen molar-refractivity contribution in [3.8, 4) is 0 Å². The topological polar surface area (TPSA) is 92.6 Å². The largest absolute Gasteiger partial charge is 0.397 e. The molecule has 0 aliphatic heterocycles. The summed E-state index contributed by atoms with van der Waals surface area (Å²) in [6.45, 7) is 3.34. The summed E-state index contributed by atoms with van der Waals surface area (Å²) in [7, 11) is 0. The fraction of sp³-hybridized carbons (Fsp3) is 0.417. The number of nitrogens with zero attached hydrogens (tertiary/aromatic N) is 1. The smallest absolute Gasteiger partial charge is 0.248 e. The molecule has 0 aromatic heterocycles. The normalized spacial score (nSPS) is 10.2. The van der Waals surface area contributed by atoms with Crippen LogP contribution in [-0.4, -0.2) is 30.7 Å². The Bertz CT molecular complexity index is 387. The van der Waals surface area contributed by atoms with E-state index in [1.807, 2.05) is 11.8 Å². The summed E-state index contributed by atoms with van der Waals surface area (Å²) in [4.78, 5) is 13.1. The number of aliphatic hydroxyl groups is 1. The van der Waals surface area contributed by atoms with Crippen LogP contribution < -0.4 is 16.4 Å². The molecule has 17 heavy (non-hydrogen) atoms. The van der Waals surface area contributed by atoms with E-state index in [-0.39, 0.29) is 6.61 Å². The number of nitrogen functional groups attached to an aromatic ring is 1. The van der Waals surface area contributed by atoms with Crippen LogP contribution in [0, 0.1) is 0 Å². The fourth-order valence-corrected chi connectivity index (χ4v) is 1.71. The molecular formula is C12H19N3O2. The van der Waals surface area contributed by atoms with Gasteiger partial charge in [0.25, 0.3) is 0 Å². The van der Waals surface area contributed by atoms with E-state index in [1.54, 1.807) is 18.2 Å². The van der Waals surface area contributed by atoms with Gasteiger partial charge in [-0.15, -0.1) is 0 Å². The standard InChI is InChI=1S/C12H19N3O2/c1-2-5-15(6-7-16)11-8-9(12(14)17)3-4-10(11)13/h3-4,8,16H,2,5-7,13H2,1H3,(H2,14,17). The lowest BCUT2D eigenvalue weighted by molar-refractivity contribution is 0.100. The monoisotopic (exact) mass is 237 g/mol. The summed E-state index contributed by atoms with van der Waals surface area (Å²) in [5, 5.41) is 9.02. The lowest BCUT2D eigenvalue weighted by atomic mass is 10.1. The predicted octanol–water partition coefficient (Wildman–Crippen LogP) is 0.576. The molecule has 5 nitrogen and oxygen atoms in total. The summed E-state index contributed by atoms with van der Waals surface area (Å²) >= 11 is 0. The molecule has 1 aromatic rings. The molecule has 0 radical (unpaired) electrons. The fourth-order valence-electron chi connectivity index (χ4n) is 1.71. The van der Waals surface area contributed by atoms with E-state index in [0.29, 0.717) is 17.8 Å². The minimum Gasteiger partial charge on any atom is -0.397 e. The number of nitrogens with two attached hydrogens (primary N) is 2. The molecule has 1 aromatic carbocycles. The number of anilines is 2. The lowest BCUT2D eigenvalue weighted by Crippen LogP contribution is -2.28. The van der Waals surface area contributed by atoms with Crippen LogP contribution in [-0.2, 0) is 0 Å². The van der Waals surface area contributed by atoms with Gasteiger partial charge in [-0.2, -0.15) is 0 Å². The van der Waals surface area contributed by atoms with Crippen molar-refractivity contribution in [3.05, 3.63) is 23.8 Å². The number of hydrogen-bond donors (Lipinski definition) is 3. The van der Waals surface area contributed by atoms with Gasteiger partial charge in [-0.3, -0.25) is 4.79 Å². The Balaban J connectivity index is 3.07. The summed E-state index contributed by atoms with van der Waals surface area (Å²) in [5.74, 6) is -0.480. The van der Waals surface area contributed by atoms with Gasteiger partial charge in [-0.05, 0) is 24.6 Å². The van der Waals surface area contributed by atoms with Crippen LogP contribution in [0.5, 0.6) is 0 Å². The highest BCUT2D eigenvalue weighted by molar-refractivity contribution is 5.95. The Morgan fingerprint density at radius 3 is 2.65 bits per heavy atom. The Labute approximate surface area is 101 Å². The zero-order valence-electron chi connectivity index (χ0n) is 10.0. The Hall–Kier alpha value is -1.75. The molecule has 0 unspecified atom stereocenters. The Morgan fingerprint density at radius 2 is 2.12 bits per heavy atom. The van der Waals surface area contributed by atoms with Crippen molar-refractivity contribution < 1.29 is 9.90 Å². The van der Waals surface area contributed by atoms with E-state index in [1.165, 1.54) is 0 Å². The molecule has 1 rings (SSSR count). The Morgan fingerprint density at radius 1 is 1.41 bits per heavy atom. The maximum atomic E-state index is 11.1. The van der Waals surface area contributed by atoms with Crippen LogP contribution in [0.25, 0.3) is 0 Å². The van der Waals surface area contributed by atoms with E-state index in [4.69, 9.17) is 16.6 Å². The number of benzene rings is 1. The maximum absolute atomic E-state index is 11.1. The molecule has 94 valence electrons. The molecule has 5 heteroatoms. The van der Waals surface area contributed by atoms with E-state index in [2.05, 4.69) is 0 Å². The number of hydrogen-bond acceptors (Lipinski definition) is 4. The van der Waals surface area contributed by atoms with Gasteiger partial charge in [0.15, 0.2) is 0 Å². The second kappa shape index (κ2) is 6.10. The predicted molar refractivity (Wildman–Crippen MR) is 69.0 cm³/mol. The number of aliphatic hydroxyl groups excluding tert-OH is 1. The van der Waals surface area contributed by atoms with Crippen molar-refractivity contribution >= 4 is 17.3 Å². The van der Waals surface area contributed by atoms with Crippen molar-refractivity contribution in [1.82, 2.24) is 0 Å². The zero-order valence-corrected chi connectivity index (χ0v) is 10.0. The SMILES string of the molecule is CCCN(CCO)c1cc(C(N)=O)ccc1N. The molecule has 0 heterocycles. The average Bonchev–Trinajstić information content (AvgIpc) is 2.29. The van der Waals surface area contributed by atoms with Gasteiger partial charge in [0, 0.05) is 18.7 Å². The maximum Gasteiger partial charge on any atom is 0.248 e. The third-order valence-electron chi connectivity index (χ3n) is 2.52. The van der Waals surface area contributed by atoms with Crippen LogP contribution in [0.15, 0.2) is 18.2 Å². The van der Waals surface area contributed by atoms with Gasteiger partial charge < -0.3 is 21.5 Å². The molecule has 0 bridgehead atoms.